The van der Waals surface area contributed by atoms with Crippen LogP contribution in [-0.2, 0) is 23.2 Å². The fourth-order valence-electron chi connectivity index (χ4n) is 0.975. The van der Waals surface area contributed by atoms with E-state index in [9.17, 15) is 0 Å². The van der Waals surface area contributed by atoms with E-state index in [0.29, 0.717) is 0 Å². The molecule has 1 aromatic heterocycles. The number of hydrogen-bond donors (Lipinski definition) is 2. The molecule has 0 amide bonds. The average molecular weight is 287 g/mol. The molecule has 0 atom stereocenters. The molecule has 0 bridgehead atoms. The molecule has 7 nitrogen and oxygen atoms in total. The zero-order valence-electron chi connectivity index (χ0n) is 10.8. The van der Waals surface area contributed by atoms with Gasteiger partial charge in [0.25, 0.3) is 0 Å². The molecular formula is C11H17N3O4S. The highest BCUT2D eigenvalue weighted by Crippen LogP contribution is 1.91. The van der Waals surface area contributed by atoms with Crippen LogP contribution >= 0.6 is 12.2 Å². The fourth-order valence-corrected chi connectivity index (χ4v) is 0.975. The Balaban J connectivity index is 0. The van der Waals surface area contributed by atoms with Crippen LogP contribution in [0.15, 0.2) is 18.7 Å². The summed E-state index contributed by atoms with van der Waals surface area (Å²) in [4.78, 5) is 18.2. The van der Waals surface area contributed by atoms with Crippen molar-refractivity contribution in [3.05, 3.63) is 24.1 Å². The minimum absolute atomic E-state index is 1.15. The summed E-state index contributed by atoms with van der Waals surface area (Å²) in [6, 6.07) is 0. The Hall–Kier alpha value is -2.05. The molecule has 0 aliphatic rings. The van der Waals surface area contributed by atoms with Gasteiger partial charge < -0.3 is 15.6 Å². The van der Waals surface area contributed by atoms with Gasteiger partial charge in [-0.1, -0.05) is 25.6 Å². The molecule has 8 heteroatoms. The van der Waals surface area contributed by atoms with Gasteiger partial charge in [0.15, 0.2) is 0 Å². The van der Waals surface area contributed by atoms with E-state index in [2.05, 4.69) is 47.0 Å². The number of carboxylic acids is 2. The quantitative estimate of drug-likeness (QED) is 0.372. The predicted octanol–water partition coefficient (Wildman–Crippen LogP) is 0.927. The monoisotopic (exact) mass is 287 g/mol. The van der Waals surface area contributed by atoms with Gasteiger partial charge in [-0.15, -0.1) is 0 Å². The molecule has 0 unspecified atom stereocenters. The highest BCUT2D eigenvalue weighted by molar-refractivity contribution is 7.78. The summed E-state index contributed by atoms with van der Waals surface area (Å²) in [6.45, 7) is 3.36. The average Bonchev–Trinajstić information content (AvgIpc) is 2.74. The topological polar surface area (TPSA) is 106 Å². The number of aromatic nitrogens is 2. The van der Waals surface area contributed by atoms with Crippen molar-refractivity contribution in [3.63, 3.8) is 0 Å². The van der Waals surface area contributed by atoms with Crippen molar-refractivity contribution >= 4 is 29.3 Å². The van der Waals surface area contributed by atoms with E-state index < -0.39 is 11.9 Å². The van der Waals surface area contributed by atoms with Crippen LogP contribution in [0.3, 0.4) is 0 Å². The van der Waals surface area contributed by atoms with Crippen molar-refractivity contribution < 1.29 is 24.4 Å². The van der Waals surface area contributed by atoms with Crippen LogP contribution < -0.4 is 4.57 Å². The van der Waals surface area contributed by atoms with E-state index in [1.165, 1.54) is 18.0 Å². The lowest BCUT2D eigenvalue weighted by atomic mass is 10.3. The molecule has 0 aliphatic carbocycles. The highest BCUT2D eigenvalue weighted by atomic mass is 32.1. The summed E-state index contributed by atoms with van der Waals surface area (Å²) in [7, 11) is 2.04. The second-order valence-electron chi connectivity index (χ2n) is 3.37. The third kappa shape index (κ3) is 13.9. The van der Waals surface area contributed by atoms with E-state index >= 15 is 0 Å². The Morgan fingerprint density at radius 2 is 1.89 bits per heavy atom. The summed E-state index contributed by atoms with van der Waals surface area (Å²) < 4.78 is 4.28. The van der Waals surface area contributed by atoms with Gasteiger partial charge in [0.2, 0.25) is 6.33 Å². The number of nitrogens with zero attached hydrogens (tertiary/aromatic N) is 3. The first-order valence-corrected chi connectivity index (χ1v) is 5.78. The Labute approximate surface area is 116 Å². The van der Waals surface area contributed by atoms with E-state index in [0.717, 1.165) is 6.54 Å². The molecule has 0 spiro atoms. The van der Waals surface area contributed by atoms with E-state index in [1.807, 2.05) is 7.05 Å². The second-order valence-corrected chi connectivity index (χ2v) is 3.55. The number of carbonyl (C=O) groups is 2. The fraction of sp³-hybridized carbons (Fsp3) is 0.455. The third-order valence-corrected chi connectivity index (χ3v) is 1.78. The maximum Gasteiger partial charge on any atom is 0.414 e. The van der Waals surface area contributed by atoms with Crippen molar-refractivity contribution in [1.82, 2.24) is 4.57 Å². The Kier molecular flexibility index (Phi) is 12.6. The van der Waals surface area contributed by atoms with Crippen LogP contribution in [0.25, 0.3) is 5.41 Å². The van der Waals surface area contributed by atoms with Crippen molar-refractivity contribution in [2.75, 3.05) is 0 Å². The number of rotatable bonds is 3. The third-order valence-electron chi connectivity index (χ3n) is 1.78. The first kappa shape index (κ1) is 19.3. The first-order valence-electron chi connectivity index (χ1n) is 5.37. The number of carboxylic acid groups (broad SMARTS) is 2. The van der Waals surface area contributed by atoms with Gasteiger partial charge in [-0.3, -0.25) is 0 Å². The molecule has 19 heavy (non-hydrogen) atoms. The zero-order valence-corrected chi connectivity index (χ0v) is 11.6. The number of hydrogen-bond acceptors (Lipinski definition) is 3. The molecule has 1 rings (SSSR count). The highest BCUT2D eigenvalue weighted by Gasteiger charge is 2.04. The Morgan fingerprint density at radius 1 is 1.42 bits per heavy atom. The molecule has 0 radical (unpaired) electrons. The van der Waals surface area contributed by atoms with Crippen LogP contribution in [0, 0.1) is 0 Å². The number of aliphatic carboxylic acids is 2. The molecule has 0 aromatic carbocycles. The predicted molar refractivity (Wildman–Crippen MR) is 71.7 cm³/mol. The lowest BCUT2D eigenvalue weighted by molar-refractivity contribution is -0.671. The van der Waals surface area contributed by atoms with Gasteiger partial charge in [0.05, 0.1) is 13.6 Å². The summed E-state index contributed by atoms with van der Waals surface area (Å²) in [6.07, 6.45) is 8.82. The van der Waals surface area contributed by atoms with Crippen LogP contribution in [0.4, 0.5) is 0 Å². The molecule has 0 aliphatic heterocycles. The van der Waals surface area contributed by atoms with Crippen LogP contribution in [0.1, 0.15) is 19.8 Å². The van der Waals surface area contributed by atoms with Crippen molar-refractivity contribution in [1.29, 1.82) is 0 Å². The van der Waals surface area contributed by atoms with Gasteiger partial charge in [-0.05, 0) is 6.42 Å². The zero-order chi connectivity index (χ0) is 15.3. The molecule has 2 N–H and O–H groups in total. The molecular weight excluding hydrogens is 270 g/mol. The van der Waals surface area contributed by atoms with Gasteiger partial charge in [-0.2, -0.15) is 5.16 Å². The number of aryl methyl sites for hydroxylation is 2. The first-order chi connectivity index (χ1) is 8.88. The van der Waals surface area contributed by atoms with Gasteiger partial charge in [-0.25, -0.2) is 18.7 Å². The summed E-state index contributed by atoms with van der Waals surface area (Å²) in [5.41, 5.74) is 0. The maximum absolute atomic E-state index is 9.10. The summed E-state index contributed by atoms with van der Waals surface area (Å²) in [5, 5.41) is 23.2. The molecule has 1 aromatic rings. The van der Waals surface area contributed by atoms with Gasteiger partial charge in [0.1, 0.15) is 12.4 Å². The second kappa shape index (κ2) is 12.4. The van der Waals surface area contributed by atoms with E-state index in [-0.39, 0.29) is 0 Å². The lowest BCUT2D eigenvalue weighted by Gasteiger charge is -1.90. The SMILES string of the molecule is CCCCn1cc[n+](C)c1.O=C(O)C(=O)O.[N-]=C=S. The number of imidazole rings is 1. The van der Waals surface area contributed by atoms with E-state index in [1.54, 1.807) is 0 Å². The van der Waals surface area contributed by atoms with Crippen molar-refractivity contribution in [2.24, 2.45) is 7.05 Å². The number of thiocarbonyl (C=S) groups is 1. The normalized spacial score (nSPS) is 8.11. The number of isothiocyanates is 1. The lowest BCUT2D eigenvalue weighted by Crippen LogP contribution is -2.23. The smallest absolute Gasteiger partial charge is 0.414 e. The molecule has 1 heterocycles. The van der Waals surface area contributed by atoms with Crippen LogP contribution in [-0.4, -0.2) is 31.9 Å². The number of unbranched alkanes of at least 4 members (excludes halogenated alkanes) is 1. The molecule has 0 saturated heterocycles. The maximum atomic E-state index is 9.10. The minimum Gasteiger partial charge on any atom is -0.753 e. The van der Waals surface area contributed by atoms with Crippen LogP contribution in [0.2, 0.25) is 0 Å². The molecule has 0 saturated carbocycles. The van der Waals surface area contributed by atoms with Gasteiger partial charge >= 0.3 is 11.9 Å². The molecule has 0 fully saturated rings. The minimum atomic E-state index is -1.82. The van der Waals surface area contributed by atoms with Crippen molar-refractivity contribution in [2.45, 2.75) is 26.3 Å². The van der Waals surface area contributed by atoms with E-state index in [4.69, 9.17) is 25.2 Å². The Morgan fingerprint density at radius 3 is 2.16 bits per heavy atom. The largest absolute Gasteiger partial charge is 0.753 e. The summed E-state index contributed by atoms with van der Waals surface area (Å²) >= 11 is 3.70. The molecule has 106 valence electrons. The van der Waals surface area contributed by atoms with Crippen LogP contribution in [0.5, 0.6) is 0 Å². The van der Waals surface area contributed by atoms with Crippen molar-refractivity contribution in [3.8, 4) is 0 Å². The standard InChI is InChI=1S/C8H15N2.C2H2O4.CNS/c1-3-4-5-10-7-6-9(2)8-10;3-1(4)2(5)6;2-1-3/h6-8H,3-5H2,1-2H3;(H,3,4)(H,5,6);/q+1;;-1. The Bertz CT molecular complexity index is 413. The van der Waals surface area contributed by atoms with Gasteiger partial charge in [0, 0.05) is 0 Å². The summed E-state index contributed by atoms with van der Waals surface area (Å²) in [5.74, 6) is -3.65.